The van der Waals surface area contributed by atoms with E-state index in [-0.39, 0.29) is 11.8 Å². The van der Waals surface area contributed by atoms with Gasteiger partial charge in [0.1, 0.15) is 17.3 Å². The van der Waals surface area contributed by atoms with Gasteiger partial charge in [-0.1, -0.05) is 18.2 Å². The Labute approximate surface area is 187 Å². The molecule has 2 aromatic carbocycles. The van der Waals surface area contributed by atoms with Crippen LogP contribution in [-0.4, -0.2) is 24.2 Å². The summed E-state index contributed by atoms with van der Waals surface area (Å²) >= 11 is 0. The molecule has 0 unspecified atom stereocenters. The van der Waals surface area contributed by atoms with E-state index in [0.717, 1.165) is 4.90 Å². The number of carbonyl (C=O) groups excluding carboxylic acids is 4. The number of rotatable bonds is 4. The summed E-state index contributed by atoms with van der Waals surface area (Å²) in [7, 11) is 0. The third-order valence-corrected chi connectivity index (χ3v) is 5.36. The van der Waals surface area contributed by atoms with E-state index >= 15 is 0 Å². The molecule has 0 spiro atoms. The average molecular weight is 440 g/mol. The first-order valence-corrected chi connectivity index (χ1v) is 10.00. The van der Waals surface area contributed by atoms with E-state index < -0.39 is 5.91 Å². The Morgan fingerprint density at radius 2 is 1.70 bits per heavy atom. The van der Waals surface area contributed by atoms with Gasteiger partial charge in [0.25, 0.3) is 18.3 Å². The summed E-state index contributed by atoms with van der Waals surface area (Å²) in [5, 5.41) is 2.73. The van der Waals surface area contributed by atoms with E-state index in [9.17, 15) is 19.2 Å². The molecular weight excluding hydrogens is 424 g/mol. The van der Waals surface area contributed by atoms with Crippen molar-refractivity contribution < 1.29 is 28.3 Å². The fraction of sp³-hybridized carbons (Fsp3) is 0.0400. The maximum Gasteiger partial charge on any atom is 0.298 e. The van der Waals surface area contributed by atoms with Crippen LogP contribution in [0.25, 0.3) is 23.3 Å². The minimum absolute atomic E-state index is 0.317. The normalized spacial score (nSPS) is 16.7. The van der Waals surface area contributed by atoms with E-state index in [1.807, 2.05) is 0 Å². The molecular formula is C25H16N2O6. The molecule has 8 nitrogen and oxygen atoms in total. The van der Waals surface area contributed by atoms with Crippen molar-refractivity contribution in [3.63, 3.8) is 0 Å². The first kappa shape index (κ1) is 20.2. The number of hydrogen-bond donors (Lipinski definition) is 1. The van der Waals surface area contributed by atoms with Gasteiger partial charge >= 0.3 is 0 Å². The number of para-hydroxylation sites is 1. The number of ether oxygens (including phenoxy) is 1. The first-order valence-electron chi connectivity index (χ1n) is 10.00. The summed E-state index contributed by atoms with van der Waals surface area (Å²) in [4.78, 5) is 48.9. The molecule has 5 rings (SSSR count). The van der Waals surface area contributed by atoms with E-state index in [2.05, 4.69) is 5.32 Å². The molecule has 8 heteroatoms. The lowest BCUT2D eigenvalue weighted by atomic mass is 10.1. The number of anilines is 2. The van der Waals surface area contributed by atoms with Crippen molar-refractivity contribution in [3.05, 3.63) is 77.2 Å². The SMILES string of the molecule is CC(=O)N1C(=O)/C(=C/c2ccc(/C=C3/C(=O)Nc4cc(OC=O)ccc43)o2)c2ccccc21. The van der Waals surface area contributed by atoms with Crippen molar-refractivity contribution >= 4 is 58.9 Å². The fourth-order valence-electron chi connectivity index (χ4n) is 3.95. The molecule has 3 aromatic rings. The number of fused-ring (bicyclic) bond motifs is 2. The van der Waals surface area contributed by atoms with Crippen LogP contribution in [0.4, 0.5) is 11.4 Å². The van der Waals surface area contributed by atoms with Crippen molar-refractivity contribution in [2.24, 2.45) is 0 Å². The van der Waals surface area contributed by atoms with Crippen LogP contribution in [0, 0.1) is 0 Å². The fourth-order valence-corrected chi connectivity index (χ4v) is 3.95. The van der Waals surface area contributed by atoms with Crippen LogP contribution in [0.1, 0.15) is 29.6 Å². The van der Waals surface area contributed by atoms with Gasteiger partial charge in [0.05, 0.1) is 22.5 Å². The van der Waals surface area contributed by atoms with Crippen molar-refractivity contribution in [2.45, 2.75) is 6.92 Å². The molecule has 0 bridgehead atoms. The molecule has 3 heterocycles. The van der Waals surface area contributed by atoms with E-state index in [0.29, 0.717) is 57.4 Å². The van der Waals surface area contributed by atoms with Crippen LogP contribution in [0.2, 0.25) is 0 Å². The average Bonchev–Trinajstić information content (AvgIpc) is 3.44. The summed E-state index contributed by atoms with van der Waals surface area (Å²) in [6.45, 7) is 1.66. The zero-order chi connectivity index (χ0) is 23.1. The third-order valence-electron chi connectivity index (χ3n) is 5.36. The minimum Gasteiger partial charge on any atom is -0.457 e. The number of amides is 3. The number of carbonyl (C=O) groups is 4. The second-order valence-corrected chi connectivity index (χ2v) is 7.41. The van der Waals surface area contributed by atoms with Gasteiger partial charge in [-0.15, -0.1) is 0 Å². The Hall–Kier alpha value is -4.72. The topological polar surface area (TPSA) is 106 Å². The standard InChI is InChI=1S/C25H16N2O6/c1-14(29)27-23-5-3-2-4-19(23)21(25(27)31)11-17-7-6-16(33-17)10-20-18-9-8-15(32-13-28)12-22(18)26-24(20)30/h2-13H,1H3,(H,26,30)/b20-10+,21-11+. The molecule has 3 amide bonds. The molecule has 0 atom stereocenters. The molecule has 0 fully saturated rings. The molecule has 0 saturated carbocycles. The van der Waals surface area contributed by atoms with Gasteiger partial charge in [0, 0.05) is 24.1 Å². The molecule has 0 aliphatic carbocycles. The number of nitrogens with one attached hydrogen (secondary N) is 1. The summed E-state index contributed by atoms with van der Waals surface area (Å²) in [6, 6.07) is 15.2. The summed E-state index contributed by atoms with van der Waals surface area (Å²) < 4.78 is 10.6. The van der Waals surface area contributed by atoms with Crippen molar-refractivity contribution in [1.82, 2.24) is 0 Å². The van der Waals surface area contributed by atoms with Crippen LogP contribution in [0.5, 0.6) is 5.75 Å². The molecule has 33 heavy (non-hydrogen) atoms. The molecule has 1 N–H and O–H groups in total. The lowest BCUT2D eigenvalue weighted by Crippen LogP contribution is -2.30. The number of nitrogens with zero attached hydrogens (tertiary/aromatic N) is 1. The molecule has 2 aliphatic rings. The van der Waals surface area contributed by atoms with Gasteiger partial charge in [-0.05, 0) is 42.5 Å². The largest absolute Gasteiger partial charge is 0.457 e. The number of furan rings is 1. The number of hydrogen-bond acceptors (Lipinski definition) is 6. The second kappa shape index (κ2) is 7.76. The van der Waals surface area contributed by atoms with Gasteiger partial charge in [0.15, 0.2) is 0 Å². The second-order valence-electron chi connectivity index (χ2n) is 7.41. The highest BCUT2D eigenvalue weighted by Gasteiger charge is 2.34. The van der Waals surface area contributed by atoms with Crippen molar-refractivity contribution in [1.29, 1.82) is 0 Å². The predicted molar refractivity (Wildman–Crippen MR) is 121 cm³/mol. The quantitative estimate of drug-likeness (QED) is 0.489. The van der Waals surface area contributed by atoms with Crippen molar-refractivity contribution in [3.8, 4) is 5.75 Å². The van der Waals surface area contributed by atoms with Crippen LogP contribution < -0.4 is 15.0 Å². The van der Waals surface area contributed by atoms with Gasteiger partial charge in [-0.2, -0.15) is 0 Å². The van der Waals surface area contributed by atoms with Gasteiger partial charge in [-0.3, -0.25) is 19.2 Å². The molecule has 1 aromatic heterocycles. The van der Waals surface area contributed by atoms with E-state index in [1.54, 1.807) is 66.7 Å². The predicted octanol–water partition coefficient (Wildman–Crippen LogP) is 3.74. The monoisotopic (exact) mass is 440 g/mol. The number of benzene rings is 2. The summed E-state index contributed by atoms with van der Waals surface area (Å²) in [5.74, 6) is 0.0275. The highest BCUT2D eigenvalue weighted by molar-refractivity contribution is 6.41. The summed E-state index contributed by atoms with van der Waals surface area (Å²) in [5.41, 5.74) is 3.09. The summed E-state index contributed by atoms with van der Waals surface area (Å²) in [6.07, 6.45) is 3.17. The van der Waals surface area contributed by atoms with Gasteiger partial charge < -0.3 is 14.5 Å². The lowest BCUT2D eigenvalue weighted by Gasteiger charge is -2.11. The Morgan fingerprint density at radius 1 is 0.970 bits per heavy atom. The van der Waals surface area contributed by atoms with Crippen LogP contribution >= 0.6 is 0 Å². The maximum atomic E-state index is 12.8. The number of imide groups is 1. The third kappa shape index (κ3) is 3.43. The lowest BCUT2D eigenvalue weighted by molar-refractivity contribution is -0.122. The highest BCUT2D eigenvalue weighted by atomic mass is 16.5. The highest BCUT2D eigenvalue weighted by Crippen LogP contribution is 2.38. The van der Waals surface area contributed by atoms with Gasteiger partial charge in [0.2, 0.25) is 5.91 Å². The first-order chi connectivity index (χ1) is 16.0. The van der Waals surface area contributed by atoms with E-state index in [1.165, 1.54) is 6.92 Å². The Morgan fingerprint density at radius 3 is 2.42 bits per heavy atom. The maximum absolute atomic E-state index is 12.8. The van der Waals surface area contributed by atoms with Crippen LogP contribution in [0.3, 0.4) is 0 Å². The van der Waals surface area contributed by atoms with Crippen LogP contribution in [0.15, 0.2) is 59.0 Å². The van der Waals surface area contributed by atoms with Crippen LogP contribution in [-0.2, 0) is 19.2 Å². The Bertz CT molecular complexity index is 1410. The molecule has 0 radical (unpaired) electrons. The molecule has 0 saturated heterocycles. The van der Waals surface area contributed by atoms with E-state index in [4.69, 9.17) is 9.15 Å². The molecule has 2 aliphatic heterocycles. The zero-order valence-corrected chi connectivity index (χ0v) is 17.3. The molecule has 162 valence electrons. The smallest absolute Gasteiger partial charge is 0.298 e. The van der Waals surface area contributed by atoms with Gasteiger partial charge in [-0.25, -0.2) is 4.90 Å². The zero-order valence-electron chi connectivity index (χ0n) is 17.3. The minimum atomic E-state index is -0.419. The Kier molecular flexibility index (Phi) is 4.75. The Balaban J connectivity index is 1.48. The van der Waals surface area contributed by atoms with Crippen molar-refractivity contribution in [2.75, 3.05) is 10.2 Å².